The van der Waals surface area contributed by atoms with Crippen LogP contribution in [0.2, 0.25) is 0 Å². The minimum Gasteiger partial charge on any atom is -0.263 e. The van der Waals surface area contributed by atoms with Crippen molar-refractivity contribution in [1.29, 1.82) is 0 Å². The second kappa shape index (κ2) is 9.71. The molecule has 5 rings (SSSR count). The Balaban J connectivity index is 1.33. The maximum atomic E-state index is 13.0. The van der Waals surface area contributed by atoms with Gasteiger partial charge in [0.1, 0.15) is 0 Å². The van der Waals surface area contributed by atoms with E-state index in [0.717, 1.165) is 45.0 Å². The van der Waals surface area contributed by atoms with Crippen LogP contribution >= 0.6 is 22.7 Å². The lowest BCUT2D eigenvalue weighted by Gasteiger charge is -2.07. The van der Waals surface area contributed by atoms with Gasteiger partial charge in [-0.05, 0) is 30.2 Å². The molecule has 0 saturated heterocycles. The van der Waals surface area contributed by atoms with Crippen LogP contribution in [0, 0.1) is 6.92 Å². The number of halogens is 3. The Kier molecular flexibility index (Phi) is 6.49. The van der Waals surface area contributed by atoms with Crippen LogP contribution in [0.5, 0.6) is 0 Å². The van der Waals surface area contributed by atoms with Crippen molar-refractivity contribution in [3.8, 4) is 22.5 Å². The van der Waals surface area contributed by atoms with Crippen LogP contribution in [0.4, 0.5) is 13.2 Å². The molecule has 3 nitrogen and oxygen atoms in total. The van der Waals surface area contributed by atoms with Crippen LogP contribution in [-0.2, 0) is 19.0 Å². The van der Waals surface area contributed by atoms with Gasteiger partial charge in [0.25, 0.3) is 0 Å². The van der Waals surface area contributed by atoms with E-state index in [-0.39, 0.29) is 0 Å². The number of nitrogens with zero attached hydrogens (tertiary/aromatic N) is 3. The quantitative estimate of drug-likeness (QED) is 0.235. The van der Waals surface area contributed by atoms with E-state index in [9.17, 15) is 13.2 Å². The fraction of sp³-hybridized carbons (Fsp3) is 0.148. The predicted octanol–water partition coefficient (Wildman–Crippen LogP) is 7.84. The normalized spacial score (nSPS) is 11.7. The van der Waals surface area contributed by atoms with Crippen LogP contribution < -0.4 is 0 Å². The highest BCUT2D eigenvalue weighted by atomic mass is 32.1. The van der Waals surface area contributed by atoms with E-state index in [1.807, 2.05) is 16.8 Å². The second-order valence-electron chi connectivity index (χ2n) is 8.26. The van der Waals surface area contributed by atoms with Crippen molar-refractivity contribution >= 4 is 22.7 Å². The minimum atomic E-state index is -4.36. The van der Waals surface area contributed by atoms with E-state index in [2.05, 4.69) is 41.2 Å². The molecule has 3 heterocycles. The van der Waals surface area contributed by atoms with Crippen molar-refractivity contribution in [2.75, 3.05) is 0 Å². The van der Waals surface area contributed by atoms with Crippen LogP contribution in [0.1, 0.15) is 32.3 Å². The van der Waals surface area contributed by atoms with Crippen LogP contribution in [0.25, 0.3) is 22.5 Å². The molecule has 0 amide bonds. The summed E-state index contributed by atoms with van der Waals surface area (Å²) in [5.41, 5.74) is 5.77. The Labute approximate surface area is 209 Å². The molecule has 0 spiro atoms. The van der Waals surface area contributed by atoms with Gasteiger partial charge < -0.3 is 0 Å². The average molecular weight is 508 g/mol. The topological polar surface area (TPSA) is 38.7 Å². The summed E-state index contributed by atoms with van der Waals surface area (Å²) in [5.74, 6) is 0. The predicted molar refractivity (Wildman–Crippen MR) is 135 cm³/mol. The lowest BCUT2D eigenvalue weighted by atomic mass is 10.1. The Bertz CT molecular complexity index is 1470. The van der Waals surface area contributed by atoms with Gasteiger partial charge in [0.2, 0.25) is 0 Å². The zero-order valence-electron chi connectivity index (χ0n) is 18.7. The average Bonchev–Trinajstić information content (AvgIpc) is 3.49. The molecule has 0 N–H and O–H groups in total. The van der Waals surface area contributed by atoms with Crippen molar-refractivity contribution in [3.63, 3.8) is 0 Å². The molecular weight excluding hydrogens is 487 g/mol. The number of aromatic nitrogens is 3. The lowest BCUT2D eigenvalue weighted by molar-refractivity contribution is -0.137. The van der Waals surface area contributed by atoms with Crippen molar-refractivity contribution in [2.45, 2.75) is 25.9 Å². The SMILES string of the molecule is Cc1cccc(Cc2nc(-c3cncc(-c4csc(Cc5cccc(C(F)(F)F)c5)n4)c3)cs2)c1. The number of pyridine rings is 1. The minimum absolute atomic E-state index is 0.343. The molecule has 2 aromatic carbocycles. The smallest absolute Gasteiger partial charge is 0.263 e. The van der Waals surface area contributed by atoms with Gasteiger partial charge in [-0.2, -0.15) is 13.2 Å². The fourth-order valence-corrected chi connectivity index (χ4v) is 5.47. The van der Waals surface area contributed by atoms with Crippen LogP contribution in [-0.4, -0.2) is 15.0 Å². The Hall–Kier alpha value is -3.36. The van der Waals surface area contributed by atoms with Crippen molar-refractivity contribution in [1.82, 2.24) is 15.0 Å². The van der Waals surface area contributed by atoms with E-state index < -0.39 is 11.7 Å². The molecule has 0 fully saturated rings. The Morgan fingerprint density at radius 3 is 1.89 bits per heavy atom. The molecule has 0 aliphatic rings. The Morgan fingerprint density at radius 2 is 1.31 bits per heavy atom. The van der Waals surface area contributed by atoms with Gasteiger partial charge in [0.05, 0.1) is 27.0 Å². The first-order valence-corrected chi connectivity index (χ1v) is 12.7. The first-order chi connectivity index (χ1) is 16.8. The number of hydrogen-bond donors (Lipinski definition) is 0. The summed E-state index contributed by atoms with van der Waals surface area (Å²) < 4.78 is 39.0. The number of benzene rings is 2. The molecule has 5 aromatic rings. The molecule has 8 heteroatoms. The molecule has 3 aromatic heterocycles. The lowest BCUT2D eigenvalue weighted by Crippen LogP contribution is -2.05. The number of thiazole rings is 2. The zero-order chi connectivity index (χ0) is 24.4. The van der Waals surface area contributed by atoms with Crippen LogP contribution in [0.15, 0.2) is 77.8 Å². The van der Waals surface area contributed by atoms with Crippen molar-refractivity contribution in [3.05, 3.63) is 110 Å². The van der Waals surface area contributed by atoms with Crippen molar-refractivity contribution in [2.24, 2.45) is 0 Å². The molecule has 176 valence electrons. The number of rotatable bonds is 6. The first-order valence-electron chi connectivity index (χ1n) is 10.9. The highest BCUT2D eigenvalue weighted by Crippen LogP contribution is 2.31. The van der Waals surface area contributed by atoms with Crippen molar-refractivity contribution < 1.29 is 13.2 Å². The van der Waals surface area contributed by atoms with Gasteiger partial charge in [0.15, 0.2) is 0 Å². The van der Waals surface area contributed by atoms with E-state index in [4.69, 9.17) is 4.98 Å². The first kappa shape index (κ1) is 23.4. The molecule has 0 atom stereocenters. The van der Waals surface area contributed by atoms with E-state index >= 15 is 0 Å². The summed E-state index contributed by atoms with van der Waals surface area (Å²) in [4.78, 5) is 13.8. The molecule has 0 radical (unpaired) electrons. The van der Waals surface area contributed by atoms with Gasteiger partial charge in [0, 0.05) is 47.1 Å². The second-order valence-corrected chi connectivity index (χ2v) is 10.1. The number of hydrogen-bond acceptors (Lipinski definition) is 5. The van der Waals surface area contributed by atoms with Crippen LogP contribution in [0.3, 0.4) is 0 Å². The third kappa shape index (κ3) is 5.66. The maximum Gasteiger partial charge on any atom is 0.416 e. The zero-order valence-corrected chi connectivity index (χ0v) is 20.3. The summed E-state index contributed by atoms with van der Waals surface area (Å²) >= 11 is 3.05. The van der Waals surface area contributed by atoms with E-state index in [1.165, 1.54) is 34.6 Å². The summed E-state index contributed by atoms with van der Waals surface area (Å²) in [6.45, 7) is 2.08. The van der Waals surface area contributed by atoms with Gasteiger partial charge >= 0.3 is 6.18 Å². The number of aryl methyl sites for hydroxylation is 1. The molecule has 0 unspecified atom stereocenters. The summed E-state index contributed by atoms with van der Waals surface area (Å²) in [5, 5.41) is 5.73. The molecular formula is C27H20F3N3S2. The Morgan fingerprint density at radius 1 is 0.743 bits per heavy atom. The molecule has 0 saturated carbocycles. The highest BCUT2D eigenvalue weighted by Gasteiger charge is 2.30. The third-order valence-corrected chi connectivity index (χ3v) is 7.18. The maximum absolute atomic E-state index is 13.0. The third-order valence-electron chi connectivity index (χ3n) is 5.48. The molecule has 0 aliphatic heterocycles. The highest BCUT2D eigenvalue weighted by molar-refractivity contribution is 7.10. The monoisotopic (exact) mass is 507 g/mol. The largest absolute Gasteiger partial charge is 0.416 e. The van der Waals surface area contributed by atoms with Gasteiger partial charge in [-0.1, -0.05) is 48.0 Å². The fourth-order valence-electron chi connectivity index (χ4n) is 3.80. The summed E-state index contributed by atoms with van der Waals surface area (Å²) in [7, 11) is 0. The van der Waals surface area contributed by atoms with Gasteiger partial charge in [-0.3, -0.25) is 4.98 Å². The van der Waals surface area contributed by atoms with E-state index in [0.29, 0.717) is 12.0 Å². The van der Waals surface area contributed by atoms with E-state index in [1.54, 1.807) is 29.8 Å². The number of alkyl halides is 3. The molecule has 0 aliphatic carbocycles. The van der Waals surface area contributed by atoms with Gasteiger partial charge in [-0.25, -0.2) is 9.97 Å². The standard InChI is InChI=1S/C27H20F3N3S2/c1-17-4-2-5-18(8-17)10-25-32-23(15-34-25)20-12-21(14-31-13-20)24-16-35-26(33-24)11-19-6-3-7-22(9-19)27(28,29)30/h2-9,12-16H,10-11H2,1H3. The molecule has 35 heavy (non-hydrogen) atoms. The molecule has 0 bridgehead atoms. The summed E-state index contributed by atoms with van der Waals surface area (Å²) in [6, 6.07) is 15.8. The van der Waals surface area contributed by atoms with Gasteiger partial charge in [-0.15, -0.1) is 22.7 Å². The summed E-state index contributed by atoms with van der Waals surface area (Å²) in [6.07, 6.45) is 0.295.